The molecule has 2 aliphatic heterocycles. The van der Waals surface area contributed by atoms with Crippen molar-refractivity contribution in [2.45, 2.75) is 6.42 Å². The number of amides is 2. The molecule has 0 spiro atoms. The van der Waals surface area contributed by atoms with Gasteiger partial charge in [0.25, 0.3) is 5.91 Å². The number of hydrogen-bond acceptors (Lipinski definition) is 5. The zero-order valence-electron chi connectivity index (χ0n) is 17.3. The van der Waals surface area contributed by atoms with Crippen LogP contribution in [0.5, 0.6) is 11.5 Å². The highest BCUT2D eigenvalue weighted by atomic mass is 35.5. The zero-order chi connectivity index (χ0) is 21.6. The maximum absolute atomic E-state index is 12.7. The summed E-state index contributed by atoms with van der Waals surface area (Å²) in [7, 11) is 0. The Balaban J connectivity index is 1.19. The monoisotopic (exact) mass is 443 g/mol. The van der Waals surface area contributed by atoms with Gasteiger partial charge in [-0.25, -0.2) is 0 Å². The molecule has 31 heavy (non-hydrogen) atoms. The second-order valence-electron chi connectivity index (χ2n) is 7.58. The van der Waals surface area contributed by atoms with Crippen LogP contribution in [0, 0.1) is 0 Å². The molecule has 0 bridgehead atoms. The number of nitrogens with zero attached hydrogens (tertiary/aromatic N) is 3. The fourth-order valence-corrected chi connectivity index (χ4v) is 3.93. The minimum Gasteiger partial charge on any atom is -0.492 e. The number of piperazine rings is 1. The number of anilines is 1. The van der Waals surface area contributed by atoms with Gasteiger partial charge >= 0.3 is 0 Å². The molecule has 2 aliphatic rings. The number of benzene rings is 2. The van der Waals surface area contributed by atoms with Gasteiger partial charge in [-0.15, -0.1) is 0 Å². The van der Waals surface area contributed by atoms with Gasteiger partial charge < -0.3 is 19.3 Å². The van der Waals surface area contributed by atoms with Crippen LogP contribution in [-0.2, 0) is 9.59 Å². The minimum absolute atomic E-state index is 0.0158. The molecule has 2 amide bonds. The van der Waals surface area contributed by atoms with Crippen molar-refractivity contribution in [3.63, 3.8) is 0 Å². The molecule has 0 aliphatic carbocycles. The lowest BCUT2D eigenvalue weighted by molar-refractivity contribution is -0.132. The van der Waals surface area contributed by atoms with Gasteiger partial charge in [-0.2, -0.15) is 0 Å². The lowest BCUT2D eigenvalue weighted by Crippen LogP contribution is -2.50. The van der Waals surface area contributed by atoms with E-state index in [9.17, 15) is 9.59 Å². The predicted molar refractivity (Wildman–Crippen MR) is 119 cm³/mol. The van der Waals surface area contributed by atoms with Gasteiger partial charge in [0, 0.05) is 50.7 Å². The van der Waals surface area contributed by atoms with E-state index in [1.807, 2.05) is 53.4 Å². The van der Waals surface area contributed by atoms with E-state index in [0.717, 1.165) is 31.1 Å². The Labute approximate surface area is 187 Å². The number of fused-ring (bicyclic) bond motifs is 1. The van der Waals surface area contributed by atoms with Crippen LogP contribution < -0.4 is 14.4 Å². The second kappa shape index (κ2) is 10.0. The Morgan fingerprint density at radius 2 is 1.74 bits per heavy atom. The number of halogens is 1. The predicted octanol–water partition coefficient (Wildman–Crippen LogP) is 2.68. The van der Waals surface area contributed by atoms with Crippen LogP contribution in [0.25, 0.3) is 0 Å². The Morgan fingerprint density at radius 1 is 1.00 bits per heavy atom. The molecule has 7 nitrogen and oxygen atoms in total. The average molecular weight is 444 g/mol. The molecule has 0 atom stereocenters. The van der Waals surface area contributed by atoms with Crippen LogP contribution in [0.15, 0.2) is 48.5 Å². The number of ether oxygens (including phenoxy) is 2. The molecule has 0 radical (unpaired) electrons. The summed E-state index contributed by atoms with van der Waals surface area (Å²) in [6.45, 7) is 4.79. The first kappa shape index (κ1) is 21.5. The Kier molecular flexibility index (Phi) is 6.94. The second-order valence-corrected chi connectivity index (χ2v) is 8.01. The van der Waals surface area contributed by atoms with Crippen LogP contribution in [-0.4, -0.2) is 74.1 Å². The average Bonchev–Trinajstić information content (AvgIpc) is 2.80. The van der Waals surface area contributed by atoms with Gasteiger partial charge in [-0.05, 0) is 36.4 Å². The third-order valence-corrected chi connectivity index (χ3v) is 5.82. The maximum Gasteiger partial charge on any atom is 0.265 e. The van der Waals surface area contributed by atoms with E-state index in [4.69, 9.17) is 21.1 Å². The van der Waals surface area contributed by atoms with Crippen LogP contribution in [0.2, 0.25) is 5.02 Å². The van der Waals surface area contributed by atoms with Gasteiger partial charge in [-0.3, -0.25) is 14.5 Å². The van der Waals surface area contributed by atoms with Crippen molar-refractivity contribution in [1.82, 2.24) is 9.80 Å². The normalized spacial score (nSPS) is 16.6. The van der Waals surface area contributed by atoms with Crippen molar-refractivity contribution < 1.29 is 19.1 Å². The molecular weight excluding hydrogens is 418 g/mol. The highest BCUT2D eigenvalue weighted by Gasteiger charge is 2.27. The van der Waals surface area contributed by atoms with E-state index in [1.54, 1.807) is 4.90 Å². The first-order valence-electron chi connectivity index (χ1n) is 10.5. The standard InChI is InChI=1S/C23H26ClN3O4/c24-18-5-7-19(8-6-18)30-16-15-25-11-13-26(14-12-25)22(28)9-10-27-20-3-1-2-4-21(20)31-17-23(27)29/h1-8H,9-17H2. The number of hydrogen-bond donors (Lipinski definition) is 0. The zero-order valence-corrected chi connectivity index (χ0v) is 18.1. The highest BCUT2D eigenvalue weighted by Crippen LogP contribution is 2.31. The van der Waals surface area contributed by atoms with Crippen LogP contribution in [0.3, 0.4) is 0 Å². The molecule has 8 heteroatoms. The summed E-state index contributed by atoms with van der Waals surface area (Å²) in [6, 6.07) is 14.8. The molecule has 2 heterocycles. The fourth-order valence-electron chi connectivity index (χ4n) is 3.81. The summed E-state index contributed by atoms with van der Waals surface area (Å²) in [4.78, 5) is 30.8. The van der Waals surface area contributed by atoms with E-state index in [2.05, 4.69) is 4.90 Å². The summed E-state index contributed by atoms with van der Waals surface area (Å²) in [5, 5.41) is 0.690. The highest BCUT2D eigenvalue weighted by molar-refractivity contribution is 6.30. The molecule has 2 aromatic rings. The molecule has 1 saturated heterocycles. The number of carbonyl (C=O) groups is 2. The van der Waals surface area contributed by atoms with Gasteiger partial charge in [0.1, 0.15) is 18.1 Å². The molecule has 164 valence electrons. The summed E-state index contributed by atoms with van der Waals surface area (Å²) < 4.78 is 11.2. The minimum atomic E-state index is -0.114. The largest absolute Gasteiger partial charge is 0.492 e. The lowest BCUT2D eigenvalue weighted by atomic mass is 10.2. The van der Waals surface area contributed by atoms with Crippen LogP contribution in [0.4, 0.5) is 5.69 Å². The number of para-hydroxylation sites is 2. The van der Waals surface area contributed by atoms with Crippen molar-refractivity contribution in [1.29, 1.82) is 0 Å². The third kappa shape index (κ3) is 5.48. The van der Waals surface area contributed by atoms with Gasteiger partial charge in [0.2, 0.25) is 5.91 Å². The van der Waals surface area contributed by atoms with Gasteiger partial charge in [0.05, 0.1) is 5.69 Å². The van der Waals surface area contributed by atoms with E-state index < -0.39 is 0 Å². The van der Waals surface area contributed by atoms with Crippen molar-refractivity contribution in [2.75, 3.05) is 57.4 Å². The van der Waals surface area contributed by atoms with Crippen molar-refractivity contribution in [2.24, 2.45) is 0 Å². The van der Waals surface area contributed by atoms with Gasteiger partial charge in [-0.1, -0.05) is 23.7 Å². The maximum atomic E-state index is 12.7. The Morgan fingerprint density at radius 3 is 2.52 bits per heavy atom. The molecule has 0 unspecified atom stereocenters. The summed E-state index contributed by atoms with van der Waals surface area (Å²) in [6.07, 6.45) is 0.305. The van der Waals surface area contributed by atoms with Gasteiger partial charge in [0.15, 0.2) is 6.61 Å². The Hall–Kier alpha value is -2.77. The molecule has 0 saturated carbocycles. The lowest BCUT2D eigenvalue weighted by Gasteiger charge is -2.35. The first-order chi connectivity index (χ1) is 15.1. The topological polar surface area (TPSA) is 62.3 Å². The molecular formula is C23H26ClN3O4. The van der Waals surface area contributed by atoms with Crippen molar-refractivity contribution in [3.05, 3.63) is 53.6 Å². The smallest absolute Gasteiger partial charge is 0.265 e. The van der Waals surface area contributed by atoms with E-state index in [-0.39, 0.29) is 18.4 Å². The molecule has 1 fully saturated rings. The van der Waals surface area contributed by atoms with E-state index >= 15 is 0 Å². The summed E-state index contributed by atoms with van der Waals surface area (Å²) in [5.74, 6) is 1.45. The fraction of sp³-hybridized carbons (Fsp3) is 0.391. The summed E-state index contributed by atoms with van der Waals surface area (Å²) >= 11 is 5.88. The molecule has 2 aromatic carbocycles. The Bertz CT molecular complexity index is 913. The number of rotatable bonds is 7. The van der Waals surface area contributed by atoms with Crippen LogP contribution >= 0.6 is 11.6 Å². The number of carbonyl (C=O) groups excluding carboxylic acids is 2. The molecule has 0 N–H and O–H groups in total. The third-order valence-electron chi connectivity index (χ3n) is 5.57. The van der Waals surface area contributed by atoms with Crippen LogP contribution in [0.1, 0.15) is 6.42 Å². The van der Waals surface area contributed by atoms with E-state index in [1.165, 1.54) is 0 Å². The van der Waals surface area contributed by atoms with Crippen molar-refractivity contribution in [3.8, 4) is 11.5 Å². The van der Waals surface area contributed by atoms with E-state index in [0.29, 0.717) is 43.4 Å². The molecule has 4 rings (SSSR count). The first-order valence-corrected chi connectivity index (χ1v) is 10.9. The van der Waals surface area contributed by atoms with Crippen molar-refractivity contribution >= 4 is 29.1 Å². The SMILES string of the molecule is O=C(CCN1C(=O)COc2ccccc21)N1CCN(CCOc2ccc(Cl)cc2)CC1. The molecule has 0 aromatic heterocycles. The quantitative estimate of drug-likeness (QED) is 0.658. The summed E-state index contributed by atoms with van der Waals surface area (Å²) in [5.41, 5.74) is 0.733.